The molecule has 1 heterocycles. The minimum absolute atomic E-state index is 0.0239. The number of hydrogen-bond donors (Lipinski definition) is 1. The molecule has 0 radical (unpaired) electrons. The zero-order chi connectivity index (χ0) is 18.4. The summed E-state index contributed by atoms with van der Waals surface area (Å²) in [5, 5.41) is 3.05. The van der Waals surface area contributed by atoms with Crippen LogP contribution >= 0.6 is 0 Å². The normalized spacial score (nSPS) is 15.8. The van der Waals surface area contributed by atoms with Gasteiger partial charge < -0.3 is 5.32 Å². The topological polar surface area (TPSA) is 35.6 Å². The van der Waals surface area contributed by atoms with E-state index in [4.69, 9.17) is 0 Å². The maximum absolute atomic E-state index is 12.3. The summed E-state index contributed by atoms with van der Waals surface area (Å²) < 4.78 is 0. The highest BCUT2D eigenvalue weighted by Crippen LogP contribution is 2.10. The Balaban J connectivity index is 1.37. The molecule has 1 aliphatic heterocycles. The van der Waals surface area contributed by atoms with Crippen LogP contribution in [0.5, 0.6) is 0 Å². The van der Waals surface area contributed by atoms with Crippen molar-refractivity contribution < 1.29 is 4.79 Å². The first-order valence-corrected chi connectivity index (χ1v) is 9.46. The molecule has 0 saturated carbocycles. The van der Waals surface area contributed by atoms with Crippen LogP contribution in [-0.4, -0.2) is 55.0 Å². The Morgan fingerprint density at radius 2 is 1.62 bits per heavy atom. The van der Waals surface area contributed by atoms with Gasteiger partial charge in [-0.3, -0.25) is 14.6 Å². The summed E-state index contributed by atoms with van der Waals surface area (Å²) in [6.45, 7) is 11.0. The van der Waals surface area contributed by atoms with Crippen molar-refractivity contribution >= 4 is 5.91 Å². The van der Waals surface area contributed by atoms with E-state index >= 15 is 0 Å². The van der Waals surface area contributed by atoms with Gasteiger partial charge in [0.2, 0.25) is 0 Å². The molecule has 3 rings (SSSR count). The lowest BCUT2D eigenvalue weighted by molar-refractivity contribution is 0.0934. The van der Waals surface area contributed by atoms with Gasteiger partial charge in [-0.1, -0.05) is 36.4 Å². The molecule has 1 saturated heterocycles. The van der Waals surface area contributed by atoms with Crippen molar-refractivity contribution in [2.24, 2.45) is 0 Å². The molecule has 0 bridgehead atoms. The second kappa shape index (κ2) is 8.97. The maximum atomic E-state index is 12.3. The third-order valence-corrected chi connectivity index (χ3v) is 5.20. The van der Waals surface area contributed by atoms with E-state index in [0.29, 0.717) is 6.54 Å². The number of nitrogens with one attached hydrogen (secondary N) is 1. The fourth-order valence-corrected chi connectivity index (χ4v) is 3.32. The van der Waals surface area contributed by atoms with Gasteiger partial charge in [-0.25, -0.2) is 0 Å². The molecule has 1 fully saturated rings. The number of piperazine rings is 1. The Bertz CT molecular complexity index is 721. The van der Waals surface area contributed by atoms with Gasteiger partial charge in [-0.15, -0.1) is 0 Å². The molecule has 4 heteroatoms. The fourth-order valence-electron chi connectivity index (χ4n) is 3.32. The van der Waals surface area contributed by atoms with E-state index in [2.05, 4.69) is 52.4 Å². The molecule has 0 atom stereocenters. The molecule has 26 heavy (non-hydrogen) atoms. The van der Waals surface area contributed by atoms with Crippen LogP contribution in [0.25, 0.3) is 0 Å². The van der Waals surface area contributed by atoms with Crippen molar-refractivity contribution in [2.45, 2.75) is 20.4 Å². The average Bonchev–Trinajstić information content (AvgIpc) is 2.66. The highest BCUT2D eigenvalue weighted by molar-refractivity contribution is 5.94. The van der Waals surface area contributed by atoms with Gasteiger partial charge in [0.05, 0.1) is 0 Å². The number of carbonyl (C=O) groups is 1. The minimum Gasteiger partial charge on any atom is -0.351 e. The summed E-state index contributed by atoms with van der Waals surface area (Å²) in [5.74, 6) is 0.0239. The van der Waals surface area contributed by atoms with Crippen molar-refractivity contribution in [3.05, 3.63) is 70.8 Å². The van der Waals surface area contributed by atoms with Gasteiger partial charge in [-0.2, -0.15) is 0 Å². The zero-order valence-electron chi connectivity index (χ0n) is 15.9. The Morgan fingerprint density at radius 3 is 2.31 bits per heavy atom. The van der Waals surface area contributed by atoms with E-state index in [-0.39, 0.29) is 5.91 Å². The Hall–Kier alpha value is -2.17. The summed E-state index contributed by atoms with van der Waals surface area (Å²) in [4.78, 5) is 17.2. The molecule has 2 aromatic carbocycles. The Morgan fingerprint density at radius 1 is 0.923 bits per heavy atom. The van der Waals surface area contributed by atoms with Crippen LogP contribution in [0.2, 0.25) is 0 Å². The van der Waals surface area contributed by atoms with Crippen molar-refractivity contribution in [3.63, 3.8) is 0 Å². The highest BCUT2D eigenvalue weighted by Gasteiger charge is 2.17. The van der Waals surface area contributed by atoms with Gasteiger partial charge in [-0.05, 0) is 42.7 Å². The van der Waals surface area contributed by atoms with Crippen LogP contribution in [0.15, 0.2) is 48.5 Å². The molecule has 0 aliphatic carbocycles. The van der Waals surface area contributed by atoms with Crippen molar-refractivity contribution in [3.8, 4) is 0 Å². The quantitative estimate of drug-likeness (QED) is 0.869. The van der Waals surface area contributed by atoms with E-state index in [1.807, 2.05) is 25.1 Å². The summed E-state index contributed by atoms with van der Waals surface area (Å²) in [6, 6.07) is 16.5. The van der Waals surface area contributed by atoms with Crippen LogP contribution in [-0.2, 0) is 6.54 Å². The number of carbonyl (C=O) groups excluding carboxylic acids is 1. The second-order valence-corrected chi connectivity index (χ2v) is 7.16. The standard InChI is InChI=1S/C22H29N3O/c1-18-8-9-21(16-19(18)2)22(26)23-10-11-24-12-14-25(15-13-24)17-20-6-4-3-5-7-20/h3-9,16H,10-15,17H2,1-2H3,(H,23,26). The molecule has 0 spiro atoms. The molecule has 1 aliphatic rings. The highest BCUT2D eigenvalue weighted by atomic mass is 16.1. The van der Waals surface area contributed by atoms with Crippen molar-refractivity contribution in [1.29, 1.82) is 0 Å². The molecule has 1 N–H and O–H groups in total. The van der Waals surface area contributed by atoms with Crippen LogP contribution < -0.4 is 5.32 Å². The monoisotopic (exact) mass is 351 g/mol. The van der Waals surface area contributed by atoms with Gasteiger partial charge >= 0.3 is 0 Å². The van der Waals surface area contributed by atoms with Gasteiger partial charge in [0.15, 0.2) is 0 Å². The van der Waals surface area contributed by atoms with Crippen LogP contribution in [0.3, 0.4) is 0 Å². The van der Waals surface area contributed by atoms with E-state index < -0.39 is 0 Å². The van der Waals surface area contributed by atoms with E-state index in [1.54, 1.807) is 0 Å². The van der Waals surface area contributed by atoms with Gasteiger partial charge in [0.25, 0.3) is 5.91 Å². The molecule has 4 nitrogen and oxygen atoms in total. The summed E-state index contributed by atoms with van der Waals surface area (Å²) in [7, 11) is 0. The third kappa shape index (κ3) is 5.16. The van der Waals surface area contributed by atoms with Crippen LogP contribution in [0.1, 0.15) is 27.0 Å². The number of amides is 1. The zero-order valence-corrected chi connectivity index (χ0v) is 15.9. The van der Waals surface area contributed by atoms with Crippen LogP contribution in [0.4, 0.5) is 0 Å². The van der Waals surface area contributed by atoms with E-state index in [1.165, 1.54) is 11.1 Å². The first-order valence-electron chi connectivity index (χ1n) is 9.46. The first kappa shape index (κ1) is 18.6. The predicted octanol–water partition coefficient (Wildman–Crippen LogP) is 2.85. The summed E-state index contributed by atoms with van der Waals surface area (Å²) in [6.07, 6.45) is 0. The third-order valence-electron chi connectivity index (χ3n) is 5.20. The number of nitrogens with zero attached hydrogens (tertiary/aromatic N) is 2. The van der Waals surface area contributed by atoms with Crippen molar-refractivity contribution in [2.75, 3.05) is 39.3 Å². The minimum atomic E-state index is 0.0239. The molecule has 2 aromatic rings. The lowest BCUT2D eigenvalue weighted by Gasteiger charge is -2.34. The lowest BCUT2D eigenvalue weighted by atomic mass is 10.1. The average molecular weight is 351 g/mol. The fraction of sp³-hybridized carbons (Fsp3) is 0.409. The molecular formula is C22H29N3O. The number of hydrogen-bond acceptors (Lipinski definition) is 3. The maximum Gasteiger partial charge on any atom is 0.251 e. The smallest absolute Gasteiger partial charge is 0.251 e. The molecule has 0 aromatic heterocycles. The Labute approximate surface area is 156 Å². The molecule has 138 valence electrons. The number of aryl methyl sites for hydroxylation is 2. The number of benzene rings is 2. The Kier molecular flexibility index (Phi) is 6.42. The van der Waals surface area contributed by atoms with Gasteiger partial charge in [0, 0.05) is 51.4 Å². The first-order chi connectivity index (χ1) is 12.6. The van der Waals surface area contributed by atoms with E-state index in [9.17, 15) is 4.79 Å². The second-order valence-electron chi connectivity index (χ2n) is 7.16. The molecule has 1 amide bonds. The SMILES string of the molecule is Cc1ccc(C(=O)NCCN2CCN(Cc3ccccc3)CC2)cc1C. The van der Waals surface area contributed by atoms with Gasteiger partial charge in [0.1, 0.15) is 0 Å². The van der Waals surface area contributed by atoms with Crippen LogP contribution in [0, 0.1) is 13.8 Å². The summed E-state index contributed by atoms with van der Waals surface area (Å²) >= 11 is 0. The molecular weight excluding hydrogens is 322 g/mol. The lowest BCUT2D eigenvalue weighted by Crippen LogP contribution is -2.48. The molecule has 0 unspecified atom stereocenters. The predicted molar refractivity (Wildman–Crippen MR) is 106 cm³/mol. The number of rotatable bonds is 6. The summed E-state index contributed by atoms with van der Waals surface area (Å²) in [5.41, 5.74) is 4.50. The largest absolute Gasteiger partial charge is 0.351 e. The van der Waals surface area contributed by atoms with E-state index in [0.717, 1.165) is 50.4 Å². The van der Waals surface area contributed by atoms with Crippen molar-refractivity contribution in [1.82, 2.24) is 15.1 Å².